The van der Waals surface area contributed by atoms with Gasteiger partial charge in [-0.1, -0.05) is 30.3 Å². The molecule has 0 aliphatic rings. The number of halogens is 1. The SMILES string of the molecule is O=C(Nc1nc2ccccc2n1CCc1ccccn1)c1ccn(-c2ccccc2F)n1. The number of imidazole rings is 1. The summed E-state index contributed by atoms with van der Waals surface area (Å²) in [6.45, 7) is 0.594. The summed E-state index contributed by atoms with van der Waals surface area (Å²) < 4.78 is 17.3. The molecule has 0 aliphatic heterocycles. The first-order valence-corrected chi connectivity index (χ1v) is 10.2. The summed E-state index contributed by atoms with van der Waals surface area (Å²) in [6, 6.07) is 21.3. The van der Waals surface area contributed by atoms with Gasteiger partial charge in [0.15, 0.2) is 5.69 Å². The Bertz CT molecular complexity index is 1390. The highest BCUT2D eigenvalue weighted by Gasteiger charge is 2.17. The molecule has 0 atom stereocenters. The number of rotatable bonds is 6. The predicted octanol–water partition coefficient (Wildman–Crippen LogP) is 4.25. The van der Waals surface area contributed by atoms with Gasteiger partial charge in [-0.05, 0) is 42.5 Å². The topological polar surface area (TPSA) is 77.6 Å². The number of fused-ring (bicyclic) bond motifs is 1. The lowest BCUT2D eigenvalue weighted by Gasteiger charge is -2.09. The maximum Gasteiger partial charge on any atom is 0.278 e. The van der Waals surface area contributed by atoms with Crippen molar-refractivity contribution in [3.63, 3.8) is 0 Å². The molecule has 32 heavy (non-hydrogen) atoms. The van der Waals surface area contributed by atoms with Crippen molar-refractivity contribution >= 4 is 22.9 Å². The fourth-order valence-corrected chi connectivity index (χ4v) is 3.55. The number of carbonyl (C=O) groups is 1. The van der Waals surface area contributed by atoms with Crippen LogP contribution in [0.25, 0.3) is 16.7 Å². The third kappa shape index (κ3) is 3.85. The molecule has 7 nitrogen and oxygen atoms in total. The van der Waals surface area contributed by atoms with Crippen LogP contribution in [-0.2, 0) is 13.0 Å². The van der Waals surface area contributed by atoms with Crippen molar-refractivity contribution in [2.45, 2.75) is 13.0 Å². The molecule has 0 saturated carbocycles. The second kappa shape index (κ2) is 8.43. The van der Waals surface area contributed by atoms with Crippen LogP contribution in [0.2, 0.25) is 0 Å². The van der Waals surface area contributed by atoms with Crippen LogP contribution in [0.15, 0.2) is 85.2 Å². The van der Waals surface area contributed by atoms with E-state index in [0.717, 1.165) is 16.7 Å². The van der Waals surface area contributed by atoms with Gasteiger partial charge < -0.3 is 4.57 Å². The minimum atomic E-state index is -0.422. The molecule has 1 amide bonds. The van der Waals surface area contributed by atoms with Crippen molar-refractivity contribution in [1.29, 1.82) is 0 Å². The predicted molar refractivity (Wildman–Crippen MR) is 119 cm³/mol. The number of amides is 1. The van der Waals surface area contributed by atoms with Crippen molar-refractivity contribution in [1.82, 2.24) is 24.3 Å². The van der Waals surface area contributed by atoms with Gasteiger partial charge in [-0.3, -0.25) is 15.1 Å². The fraction of sp³-hybridized carbons (Fsp3) is 0.0833. The Hall–Kier alpha value is -4.33. The van der Waals surface area contributed by atoms with E-state index in [9.17, 15) is 9.18 Å². The first kappa shape index (κ1) is 19.6. The largest absolute Gasteiger partial charge is 0.310 e. The van der Waals surface area contributed by atoms with Crippen molar-refractivity contribution in [2.75, 3.05) is 5.32 Å². The van der Waals surface area contributed by atoms with Crippen molar-refractivity contribution in [3.8, 4) is 5.69 Å². The molecule has 0 radical (unpaired) electrons. The molecular formula is C24H19FN6O. The summed E-state index contributed by atoms with van der Waals surface area (Å²) in [5, 5.41) is 7.09. The molecule has 3 heterocycles. The second-order valence-electron chi connectivity index (χ2n) is 7.20. The highest BCUT2D eigenvalue weighted by molar-refractivity contribution is 6.02. The molecule has 0 fully saturated rings. The highest BCUT2D eigenvalue weighted by Crippen LogP contribution is 2.21. The van der Waals surface area contributed by atoms with E-state index in [1.807, 2.05) is 47.0 Å². The zero-order valence-corrected chi connectivity index (χ0v) is 17.0. The minimum Gasteiger partial charge on any atom is -0.310 e. The summed E-state index contributed by atoms with van der Waals surface area (Å²) in [5.41, 5.74) is 3.08. The van der Waals surface area contributed by atoms with Crippen LogP contribution in [0.4, 0.5) is 10.3 Å². The second-order valence-corrected chi connectivity index (χ2v) is 7.20. The molecule has 5 rings (SSSR count). The zero-order valence-electron chi connectivity index (χ0n) is 17.0. The minimum absolute atomic E-state index is 0.164. The third-order valence-electron chi connectivity index (χ3n) is 5.12. The first-order chi connectivity index (χ1) is 15.7. The van der Waals surface area contributed by atoms with Gasteiger partial charge >= 0.3 is 0 Å². The summed E-state index contributed by atoms with van der Waals surface area (Å²) in [4.78, 5) is 21.9. The average molecular weight is 426 g/mol. The summed E-state index contributed by atoms with van der Waals surface area (Å²) >= 11 is 0. The number of aromatic nitrogens is 5. The van der Waals surface area contributed by atoms with E-state index < -0.39 is 11.7 Å². The molecule has 8 heteroatoms. The monoisotopic (exact) mass is 426 g/mol. The number of hydrogen-bond acceptors (Lipinski definition) is 4. The number of carbonyl (C=O) groups excluding carboxylic acids is 1. The average Bonchev–Trinajstić information content (AvgIpc) is 3.44. The molecule has 5 aromatic rings. The van der Waals surface area contributed by atoms with Crippen molar-refractivity contribution in [3.05, 3.63) is 102 Å². The van der Waals surface area contributed by atoms with Gasteiger partial charge in [0.25, 0.3) is 5.91 Å². The first-order valence-electron chi connectivity index (χ1n) is 10.2. The van der Waals surface area contributed by atoms with Crippen LogP contribution in [0.5, 0.6) is 0 Å². The van der Waals surface area contributed by atoms with Gasteiger partial charge in [0.1, 0.15) is 11.5 Å². The normalized spacial score (nSPS) is 11.0. The van der Waals surface area contributed by atoms with Crippen molar-refractivity contribution in [2.24, 2.45) is 0 Å². The molecule has 2 aromatic carbocycles. The number of hydrogen-bond donors (Lipinski definition) is 1. The summed E-state index contributed by atoms with van der Waals surface area (Å²) in [5.74, 6) is -0.416. The molecule has 1 N–H and O–H groups in total. The van der Waals surface area contributed by atoms with E-state index >= 15 is 0 Å². The number of benzene rings is 2. The van der Waals surface area contributed by atoms with Gasteiger partial charge in [-0.25, -0.2) is 14.1 Å². The fourth-order valence-electron chi connectivity index (χ4n) is 3.55. The van der Waals surface area contributed by atoms with E-state index in [1.54, 1.807) is 36.7 Å². The zero-order chi connectivity index (χ0) is 21.9. The third-order valence-corrected chi connectivity index (χ3v) is 5.12. The molecule has 0 unspecified atom stereocenters. The number of nitrogens with one attached hydrogen (secondary N) is 1. The molecule has 3 aromatic heterocycles. The van der Waals surface area contributed by atoms with Crippen LogP contribution < -0.4 is 5.32 Å². The van der Waals surface area contributed by atoms with Gasteiger partial charge in [-0.2, -0.15) is 5.10 Å². The maximum absolute atomic E-state index is 14.0. The number of pyridine rings is 1. The van der Waals surface area contributed by atoms with Crippen LogP contribution in [-0.4, -0.2) is 30.2 Å². The Kier molecular flexibility index (Phi) is 5.17. The van der Waals surface area contributed by atoms with Gasteiger partial charge in [0, 0.05) is 31.1 Å². The molecule has 0 saturated heterocycles. The smallest absolute Gasteiger partial charge is 0.278 e. The molecule has 0 aliphatic carbocycles. The number of aryl methyl sites for hydroxylation is 2. The molecular weight excluding hydrogens is 407 g/mol. The Morgan fingerprint density at radius 2 is 1.78 bits per heavy atom. The Balaban J connectivity index is 1.41. The number of anilines is 1. The van der Waals surface area contributed by atoms with E-state index in [1.165, 1.54) is 10.7 Å². The van der Waals surface area contributed by atoms with E-state index in [2.05, 4.69) is 20.4 Å². The van der Waals surface area contributed by atoms with Crippen LogP contribution in [0.1, 0.15) is 16.2 Å². The highest BCUT2D eigenvalue weighted by atomic mass is 19.1. The Morgan fingerprint density at radius 1 is 0.969 bits per heavy atom. The lowest BCUT2D eigenvalue weighted by Crippen LogP contribution is -2.17. The lowest BCUT2D eigenvalue weighted by atomic mass is 10.2. The molecule has 158 valence electrons. The molecule has 0 spiro atoms. The van der Waals surface area contributed by atoms with Crippen molar-refractivity contribution < 1.29 is 9.18 Å². The quantitative estimate of drug-likeness (QED) is 0.440. The number of nitrogens with zero attached hydrogens (tertiary/aromatic N) is 5. The maximum atomic E-state index is 14.0. The van der Waals surface area contributed by atoms with Gasteiger partial charge in [0.2, 0.25) is 5.95 Å². The van der Waals surface area contributed by atoms with Gasteiger partial charge in [-0.15, -0.1) is 0 Å². The summed E-state index contributed by atoms with van der Waals surface area (Å²) in [6.07, 6.45) is 4.00. The standard InChI is InChI=1S/C24H19FN6O/c25-18-8-1-3-10-21(18)31-16-13-20(29-31)23(32)28-24-27-19-9-2-4-11-22(19)30(24)15-12-17-7-5-6-14-26-17/h1-11,13-14,16H,12,15H2,(H,27,28,32). The van der Waals surface area contributed by atoms with E-state index in [-0.39, 0.29) is 11.4 Å². The number of para-hydroxylation sites is 3. The van der Waals surface area contributed by atoms with E-state index in [4.69, 9.17) is 0 Å². The van der Waals surface area contributed by atoms with Crippen LogP contribution in [0.3, 0.4) is 0 Å². The van der Waals surface area contributed by atoms with Crippen LogP contribution in [0, 0.1) is 5.82 Å². The lowest BCUT2D eigenvalue weighted by molar-refractivity contribution is 0.102. The van der Waals surface area contributed by atoms with E-state index in [0.29, 0.717) is 18.9 Å². The Morgan fingerprint density at radius 3 is 2.62 bits per heavy atom. The Labute approximate surface area is 183 Å². The van der Waals surface area contributed by atoms with Gasteiger partial charge in [0.05, 0.1) is 11.0 Å². The summed E-state index contributed by atoms with van der Waals surface area (Å²) in [7, 11) is 0. The van der Waals surface area contributed by atoms with Crippen LogP contribution >= 0.6 is 0 Å². The molecule has 0 bridgehead atoms.